The number of rotatable bonds is 2. The normalized spacial score (nSPS) is 28.1. The monoisotopic (exact) mass is 253 g/mol. The fraction of sp³-hybridized carbons (Fsp3) is 0.500. The molecule has 1 fully saturated rings. The van der Waals surface area contributed by atoms with Crippen LogP contribution < -0.4 is 0 Å². The number of halogens is 1. The molecule has 1 aliphatic heterocycles. The van der Waals surface area contributed by atoms with E-state index < -0.39 is 0 Å². The second-order valence-corrected chi connectivity index (χ2v) is 5.18. The molecule has 0 radical (unpaired) electrons. The number of likely N-dealkylation sites (tertiary alicyclic amines) is 1. The molecule has 0 aromatic heterocycles. The van der Waals surface area contributed by atoms with Crippen molar-refractivity contribution in [1.82, 2.24) is 4.90 Å². The van der Waals surface area contributed by atoms with Gasteiger partial charge < -0.3 is 0 Å². The Morgan fingerprint density at radius 3 is 2.64 bits per heavy atom. The summed E-state index contributed by atoms with van der Waals surface area (Å²) in [5, 5.41) is 0. The number of nitrogens with zero attached hydrogens (tertiary/aromatic N) is 1. The molecule has 2 atom stereocenters. The van der Waals surface area contributed by atoms with Gasteiger partial charge in [-0.15, -0.1) is 0 Å². The molecule has 0 N–H and O–H groups in total. The molecule has 0 amide bonds. The fourth-order valence-electron chi connectivity index (χ4n) is 2.00. The molecule has 1 aromatic rings. The summed E-state index contributed by atoms with van der Waals surface area (Å²) in [6.45, 7) is 4.60. The van der Waals surface area contributed by atoms with Crippen molar-refractivity contribution in [3.63, 3.8) is 0 Å². The van der Waals surface area contributed by atoms with E-state index in [0.29, 0.717) is 10.9 Å². The van der Waals surface area contributed by atoms with Crippen LogP contribution in [0, 0.1) is 0 Å². The van der Waals surface area contributed by atoms with Gasteiger partial charge in [-0.05, 0) is 25.5 Å². The van der Waals surface area contributed by atoms with Crippen molar-refractivity contribution in [1.29, 1.82) is 0 Å². The fourth-order valence-corrected chi connectivity index (χ4v) is 2.54. The maximum Gasteiger partial charge on any atom is 0.0311 e. The average Bonchev–Trinajstić information content (AvgIpc) is 2.52. The van der Waals surface area contributed by atoms with Crippen molar-refractivity contribution >= 4 is 15.9 Å². The van der Waals surface area contributed by atoms with E-state index in [9.17, 15) is 0 Å². The van der Waals surface area contributed by atoms with Crippen LogP contribution in [0.5, 0.6) is 0 Å². The minimum absolute atomic E-state index is 0.662. The Hall–Kier alpha value is -0.340. The van der Waals surface area contributed by atoms with Gasteiger partial charge in [0.1, 0.15) is 0 Å². The molecule has 76 valence electrons. The highest BCUT2D eigenvalue weighted by molar-refractivity contribution is 9.09. The number of benzene rings is 1. The minimum atomic E-state index is 0.662. The van der Waals surface area contributed by atoms with Crippen LogP contribution in [-0.2, 0) is 6.54 Å². The Kier molecular flexibility index (Phi) is 3.24. The van der Waals surface area contributed by atoms with Gasteiger partial charge >= 0.3 is 0 Å². The third-order valence-corrected chi connectivity index (χ3v) is 4.24. The van der Waals surface area contributed by atoms with Crippen molar-refractivity contribution in [2.24, 2.45) is 0 Å². The van der Waals surface area contributed by atoms with Gasteiger partial charge in [0.25, 0.3) is 0 Å². The van der Waals surface area contributed by atoms with Gasteiger partial charge in [-0.2, -0.15) is 0 Å². The van der Waals surface area contributed by atoms with Gasteiger partial charge in [0.2, 0.25) is 0 Å². The molecular weight excluding hydrogens is 238 g/mol. The van der Waals surface area contributed by atoms with Crippen molar-refractivity contribution in [2.75, 3.05) is 6.54 Å². The van der Waals surface area contributed by atoms with E-state index in [1.165, 1.54) is 18.5 Å². The third-order valence-electron chi connectivity index (χ3n) is 3.02. The first-order chi connectivity index (χ1) is 6.77. The van der Waals surface area contributed by atoms with E-state index in [-0.39, 0.29) is 0 Å². The predicted octanol–water partition coefficient (Wildman–Crippen LogP) is 3.04. The zero-order valence-corrected chi connectivity index (χ0v) is 10.1. The van der Waals surface area contributed by atoms with Crippen molar-refractivity contribution in [3.8, 4) is 0 Å². The van der Waals surface area contributed by atoms with Crippen molar-refractivity contribution in [2.45, 2.75) is 30.8 Å². The largest absolute Gasteiger partial charge is 0.295 e. The van der Waals surface area contributed by atoms with E-state index >= 15 is 0 Å². The van der Waals surface area contributed by atoms with Gasteiger partial charge in [0, 0.05) is 17.4 Å². The summed E-state index contributed by atoms with van der Waals surface area (Å²) >= 11 is 3.72. The lowest BCUT2D eigenvalue weighted by atomic mass is 10.2. The Bertz CT molecular complexity index is 286. The Morgan fingerprint density at radius 1 is 1.36 bits per heavy atom. The van der Waals surface area contributed by atoms with Crippen molar-refractivity contribution < 1.29 is 0 Å². The third kappa shape index (κ3) is 2.18. The second kappa shape index (κ2) is 4.45. The van der Waals surface area contributed by atoms with Gasteiger partial charge in [-0.25, -0.2) is 0 Å². The molecule has 1 aliphatic rings. The molecule has 0 aliphatic carbocycles. The summed E-state index contributed by atoms with van der Waals surface area (Å²) in [7, 11) is 0. The first kappa shape index (κ1) is 10.2. The summed E-state index contributed by atoms with van der Waals surface area (Å²) in [5.41, 5.74) is 1.42. The molecule has 0 saturated carbocycles. The van der Waals surface area contributed by atoms with Gasteiger partial charge in [0.15, 0.2) is 0 Å². The van der Waals surface area contributed by atoms with E-state index in [2.05, 4.69) is 58.1 Å². The first-order valence-electron chi connectivity index (χ1n) is 5.19. The molecule has 2 rings (SSSR count). The lowest BCUT2D eigenvalue weighted by Gasteiger charge is -2.22. The average molecular weight is 254 g/mol. The molecule has 0 spiro atoms. The second-order valence-electron chi connectivity index (χ2n) is 4.00. The Balaban J connectivity index is 1.99. The molecule has 1 heterocycles. The van der Waals surface area contributed by atoms with Crippen LogP contribution >= 0.6 is 15.9 Å². The number of hydrogen-bond donors (Lipinski definition) is 0. The molecule has 2 heteroatoms. The van der Waals surface area contributed by atoms with Crippen molar-refractivity contribution in [3.05, 3.63) is 35.9 Å². The summed E-state index contributed by atoms with van der Waals surface area (Å²) < 4.78 is 0. The van der Waals surface area contributed by atoms with Crippen LogP contribution in [0.4, 0.5) is 0 Å². The van der Waals surface area contributed by atoms with Crippen LogP contribution in [-0.4, -0.2) is 22.3 Å². The summed E-state index contributed by atoms with van der Waals surface area (Å²) in [6, 6.07) is 11.4. The van der Waals surface area contributed by atoms with E-state index in [0.717, 1.165) is 6.54 Å². The molecule has 0 bridgehead atoms. The van der Waals surface area contributed by atoms with Gasteiger partial charge in [0.05, 0.1) is 0 Å². The Labute approximate surface area is 94.2 Å². The SMILES string of the molecule is C[C@H]1[C@@H](Br)CCN1Cc1ccccc1. The summed E-state index contributed by atoms with van der Waals surface area (Å²) in [5.74, 6) is 0. The summed E-state index contributed by atoms with van der Waals surface area (Å²) in [4.78, 5) is 3.21. The first-order valence-corrected chi connectivity index (χ1v) is 6.11. The van der Waals surface area contributed by atoms with Crippen LogP contribution in [0.25, 0.3) is 0 Å². The lowest BCUT2D eigenvalue weighted by Crippen LogP contribution is -2.29. The van der Waals surface area contributed by atoms with Gasteiger partial charge in [-0.3, -0.25) is 4.90 Å². The Morgan fingerprint density at radius 2 is 2.07 bits per heavy atom. The molecule has 1 saturated heterocycles. The number of alkyl halides is 1. The quantitative estimate of drug-likeness (QED) is 0.733. The highest BCUT2D eigenvalue weighted by Gasteiger charge is 2.28. The number of hydrogen-bond acceptors (Lipinski definition) is 1. The van der Waals surface area contributed by atoms with E-state index in [1.807, 2.05) is 0 Å². The zero-order chi connectivity index (χ0) is 9.97. The topological polar surface area (TPSA) is 3.24 Å². The van der Waals surface area contributed by atoms with Crippen LogP contribution in [0.1, 0.15) is 18.9 Å². The maximum absolute atomic E-state index is 3.72. The highest BCUT2D eigenvalue weighted by atomic mass is 79.9. The molecular formula is C12H16BrN. The molecule has 0 unspecified atom stereocenters. The lowest BCUT2D eigenvalue weighted by molar-refractivity contribution is 0.263. The van der Waals surface area contributed by atoms with E-state index in [4.69, 9.17) is 0 Å². The molecule has 1 nitrogen and oxygen atoms in total. The van der Waals surface area contributed by atoms with E-state index in [1.54, 1.807) is 0 Å². The summed E-state index contributed by atoms with van der Waals surface area (Å²) in [6.07, 6.45) is 1.27. The smallest absolute Gasteiger partial charge is 0.0311 e. The van der Waals surface area contributed by atoms with Crippen LogP contribution in [0.2, 0.25) is 0 Å². The molecule has 1 aromatic carbocycles. The highest BCUT2D eigenvalue weighted by Crippen LogP contribution is 2.25. The van der Waals surface area contributed by atoms with Crippen LogP contribution in [0.15, 0.2) is 30.3 Å². The predicted molar refractivity (Wildman–Crippen MR) is 63.6 cm³/mol. The maximum atomic E-state index is 3.72. The van der Waals surface area contributed by atoms with Crippen LogP contribution in [0.3, 0.4) is 0 Å². The standard InChI is InChI=1S/C12H16BrN/c1-10-12(13)7-8-14(10)9-11-5-3-2-4-6-11/h2-6,10,12H,7-9H2,1H3/t10-,12-/m0/s1. The molecule has 14 heavy (non-hydrogen) atoms. The van der Waals surface area contributed by atoms with Gasteiger partial charge in [-0.1, -0.05) is 46.3 Å². The minimum Gasteiger partial charge on any atom is -0.295 e. The zero-order valence-electron chi connectivity index (χ0n) is 8.49.